The second-order valence-electron chi connectivity index (χ2n) is 6.27. The van der Waals surface area contributed by atoms with Crippen LogP contribution in [0.25, 0.3) is 0 Å². The van der Waals surface area contributed by atoms with Crippen LogP contribution in [0.1, 0.15) is 35.5 Å². The largest absolute Gasteiger partial charge is 1.00 e. The third kappa shape index (κ3) is 9.06. The standard InChI is InChI=1S/C17H26O9S.Li.H/c1-7-17(9-25-14(18)11(2)3,10-26-15(19)12(4)5)16(20)24-8-13(6)27(21,22)23;;/h13H,2,4,7-10H2,1,3,5-6H3,(H,21,22,23);;/q;+1;-1. The summed E-state index contributed by atoms with van der Waals surface area (Å²) in [7, 11) is -4.40. The van der Waals surface area contributed by atoms with Crippen LogP contribution in [0.15, 0.2) is 24.3 Å². The van der Waals surface area contributed by atoms with Crippen molar-refractivity contribution in [2.45, 2.75) is 39.4 Å². The molecule has 0 aliphatic heterocycles. The van der Waals surface area contributed by atoms with Crippen LogP contribution in [-0.2, 0) is 38.7 Å². The van der Waals surface area contributed by atoms with E-state index in [4.69, 9.17) is 18.8 Å². The van der Waals surface area contributed by atoms with E-state index in [1.54, 1.807) is 6.92 Å². The monoisotopic (exact) mass is 414 g/mol. The Bertz CT molecular complexity index is 688. The topological polar surface area (TPSA) is 133 Å². The number of carbonyl (C=O) groups is 3. The maximum Gasteiger partial charge on any atom is 1.00 e. The summed E-state index contributed by atoms with van der Waals surface area (Å²) in [5.41, 5.74) is -1.35. The number of hydrogen-bond donors (Lipinski definition) is 1. The quantitative estimate of drug-likeness (QED) is 0.142. The molecule has 0 aromatic carbocycles. The van der Waals surface area contributed by atoms with Crippen molar-refractivity contribution in [3.63, 3.8) is 0 Å². The van der Waals surface area contributed by atoms with E-state index in [0.29, 0.717) is 0 Å². The zero-order chi connectivity index (χ0) is 21.4. The Labute approximate surface area is 178 Å². The Hall–Kier alpha value is -1.60. The number of esters is 3. The molecule has 156 valence electrons. The molecule has 0 saturated heterocycles. The van der Waals surface area contributed by atoms with E-state index in [2.05, 4.69) is 13.2 Å². The van der Waals surface area contributed by atoms with E-state index in [1.807, 2.05) is 0 Å². The Morgan fingerprint density at radius 3 is 1.71 bits per heavy atom. The summed E-state index contributed by atoms with van der Waals surface area (Å²) in [5, 5.41) is -1.35. The number of ether oxygens (including phenoxy) is 3. The molecule has 1 atom stereocenters. The maximum absolute atomic E-state index is 12.6. The molecule has 0 aromatic heterocycles. The molecular formula is C17H27LiO9S. The van der Waals surface area contributed by atoms with E-state index in [9.17, 15) is 22.8 Å². The van der Waals surface area contributed by atoms with Gasteiger partial charge in [0.25, 0.3) is 10.1 Å². The van der Waals surface area contributed by atoms with Crippen LogP contribution in [0, 0.1) is 5.41 Å². The average molecular weight is 414 g/mol. The van der Waals surface area contributed by atoms with Gasteiger partial charge >= 0.3 is 36.8 Å². The third-order valence-corrected chi connectivity index (χ3v) is 4.88. The van der Waals surface area contributed by atoms with Gasteiger partial charge in [0.2, 0.25) is 0 Å². The van der Waals surface area contributed by atoms with Crippen molar-refractivity contribution in [3.05, 3.63) is 24.3 Å². The fraction of sp³-hybridized carbons (Fsp3) is 0.588. The van der Waals surface area contributed by atoms with Crippen molar-refractivity contribution in [2.24, 2.45) is 5.41 Å². The van der Waals surface area contributed by atoms with Gasteiger partial charge in [-0.3, -0.25) is 9.35 Å². The van der Waals surface area contributed by atoms with Crippen LogP contribution in [0.3, 0.4) is 0 Å². The zero-order valence-electron chi connectivity index (χ0n) is 17.9. The molecule has 28 heavy (non-hydrogen) atoms. The first-order valence-electron chi connectivity index (χ1n) is 8.05. The molecule has 0 radical (unpaired) electrons. The van der Waals surface area contributed by atoms with Crippen molar-refractivity contribution >= 4 is 28.0 Å². The van der Waals surface area contributed by atoms with Crippen LogP contribution >= 0.6 is 0 Å². The Morgan fingerprint density at radius 1 is 1.04 bits per heavy atom. The molecule has 11 heteroatoms. The second kappa shape index (κ2) is 12.1. The first kappa shape index (κ1) is 28.6. The van der Waals surface area contributed by atoms with Gasteiger partial charge in [-0.15, -0.1) is 0 Å². The fourth-order valence-corrected chi connectivity index (χ4v) is 1.83. The molecule has 0 aromatic rings. The molecule has 9 nitrogen and oxygen atoms in total. The van der Waals surface area contributed by atoms with Crippen molar-refractivity contribution in [3.8, 4) is 0 Å². The second-order valence-corrected chi connectivity index (χ2v) is 8.11. The normalized spacial score (nSPS) is 12.2. The smallest absolute Gasteiger partial charge is 1.00 e. The third-order valence-electron chi connectivity index (χ3n) is 3.72. The van der Waals surface area contributed by atoms with Crippen molar-refractivity contribution in [2.75, 3.05) is 19.8 Å². The zero-order valence-corrected chi connectivity index (χ0v) is 17.8. The molecule has 1 N–H and O–H groups in total. The fourth-order valence-electron chi connectivity index (χ4n) is 1.59. The van der Waals surface area contributed by atoms with Crippen molar-refractivity contribution in [1.82, 2.24) is 0 Å². The molecule has 0 bridgehead atoms. The number of rotatable bonds is 11. The summed E-state index contributed by atoms with van der Waals surface area (Å²) in [6, 6.07) is 0. The summed E-state index contributed by atoms with van der Waals surface area (Å²) in [6.07, 6.45) is 0.0546. The van der Waals surface area contributed by atoms with Crippen LogP contribution in [0.2, 0.25) is 0 Å². The molecule has 0 heterocycles. The van der Waals surface area contributed by atoms with Gasteiger partial charge < -0.3 is 15.6 Å². The van der Waals surface area contributed by atoms with E-state index >= 15 is 0 Å². The first-order valence-corrected chi connectivity index (χ1v) is 9.56. The molecule has 0 aliphatic rings. The Balaban J connectivity index is -0.00000338. The summed E-state index contributed by atoms with van der Waals surface area (Å²) in [6.45, 7) is 10.9. The predicted octanol–water partition coefficient (Wildman–Crippen LogP) is -1.44. The molecule has 1 unspecified atom stereocenters. The molecule has 0 spiro atoms. The summed E-state index contributed by atoms with van der Waals surface area (Å²) < 4.78 is 46.1. The van der Waals surface area contributed by atoms with Gasteiger partial charge in [-0.05, 0) is 27.2 Å². The first-order chi connectivity index (χ1) is 12.3. The van der Waals surface area contributed by atoms with E-state index < -0.39 is 58.5 Å². The summed E-state index contributed by atoms with van der Waals surface area (Å²) >= 11 is 0. The molecule has 0 saturated carbocycles. The summed E-state index contributed by atoms with van der Waals surface area (Å²) in [5.74, 6) is -2.44. The molecule has 0 aliphatic carbocycles. The Morgan fingerprint density at radius 2 is 1.43 bits per heavy atom. The van der Waals surface area contributed by atoms with E-state index in [0.717, 1.165) is 6.92 Å². The van der Waals surface area contributed by atoms with Gasteiger partial charge in [0, 0.05) is 11.1 Å². The Kier molecular flexibility index (Phi) is 12.3. The maximum atomic E-state index is 12.6. The van der Waals surface area contributed by atoms with Crippen LogP contribution in [0.5, 0.6) is 0 Å². The molecule has 0 amide bonds. The van der Waals surface area contributed by atoms with Gasteiger partial charge in [0.15, 0.2) is 0 Å². The van der Waals surface area contributed by atoms with Gasteiger partial charge in [-0.2, -0.15) is 8.42 Å². The predicted molar refractivity (Wildman–Crippen MR) is 97.4 cm³/mol. The number of hydrogen-bond acceptors (Lipinski definition) is 8. The minimum atomic E-state index is -4.40. The van der Waals surface area contributed by atoms with Gasteiger partial charge in [0.1, 0.15) is 30.5 Å². The van der Waals surface area contributed by atoms with Crippen LogP contribution < -0.4 is 18.9 Å². The van der Waals surface area contributed by atoms with Gasteiger partial charge in [-0.25, -0.2) is 9.59 Å². The average Bonchev–Trinajstić information content (AvgIpc) is 2.58. The molecular weight excluding hydrogens is 387 g/mol. The minimum Gasteiger partial charge on any atom is -1.00 e. The molecule has 0 rings (SSSR count). The van der Waals surface area contributed by atoms with Crippen molar-refractivity contribution < 1.29 is 61.9 Å². The van der Waals surface area contributed by atoms with Crippen LogP contribution in [-0.4, -0.2) is 55.9 Å². The SMILES string of the molecule is C=C(C)C(=O)OCC(CC)(COC(=O)C(=C)C)C(=O)OCC(C)S(=O)(=O)O.[H-].[Li+]. The van der Waals surface area contributed by atoms with Crippen molar-refractivity contribution in [1.29, 1.82) is 0 Å². The summed E-state index contributed by atoms with van der Waals surface area (Å²) in [4.78, 5) is 35.9. The van der Waals surface area contributed by atoms with Crippen LogP contribution in [0.4, 0.5) is 0 Å². The minimum absolute atomic E-state index is 0. The van der Waals surface area contributed by atoms with E-state index in [-0.39, 0.29) is 37.9 Å². The molecule has 0 fully saturated rings. The van der Waals surface area contributed by atoms with Gasteiger partial charge in [-0.1, -0.05) is 20.1 Å². The van der Waals surface area contributed by atoms with Gasteiger partial charge in [0.05, 0.1) is 0 Å². The van der Waals surface area contributed by atoms with E-state index in [1.165, 1.54) is 13.8 Å². The number of carbonyl (C=O) groups excluding carboxylic acids is 3.